The van der Waals surface area contributed by atoms with Crippen molar-refractivity contribution in [1.82, 2.24) is 29.7 Å². The highest BCUT2D eigenvalue weighted by atomic mass is 16.7. The van der Waals surface area contributed by atoms with Gasteiger partial charge >= 0.3 is 0 Å². The summed E-state index contributed by atoms with van der Waals surface area (Å²) in [7, 11) is 0. The van der Waals surface area contributed by atoms with Gasteiger partial charge in [0, 0.05) is 57.7 Å². The molecule has 3 aliphatic heterocycles. The number of rotatable bonds is 9. The average molecular weight is 584 g/mol. The molecule has 0 radical (unpaired) electrons. The first-order valence-corrected chi connectivity index (χ1v) is 14.5. The van der Waals surface area contributed by atoms with Gasteiger partial charge in [0.25, 0.3) is 0 Å². The van der Waals surface area contributed by atoms with Crippen LogP contribution in [0.25, 0.3) is 5.95 Å². The maximum absolute atomic E-state index is 13.3. The van der Waals surface area contributed by atoms with Gasteiger partial charge in [0.05, 0.1) is 6.04 Å². The molecule has 2 aromatic carbocycles. The van der Waals surface area contributed by atoms with Crippen molar-refractivity contribution >= 4 is 11.7 Å². The van der Waals surface area contributed by atoms with Gasteiger partial charge in [0.1, 0.15) is 25.4 Å². The van der Waals surface area contributed by atoms with Crippen LogP contribution in [0.4, 0.5) is 5.82 Å². The van der Waals surface area contributed by atoms with Crippen LogP contribution in [0.1, 0.15) is 17.5 Å². The fraction of sp³-hybridized carbons (Fsp3) is 0.355. The number of anilines is 1. The zero-order chi connectivity index (χ0) is 29.0. The number of carbonyl (C=O) groups is 1. The fourth-order valence-corrected chi connectivity index (χ4v) is 5.71. The topological polar surface area (TPSA) is 116 Å². The molecular formula is C31H33N7O5. The molecule has 1 unspecified atom stereocenters. The van der Waals surface area contributed by atoms with E-state index in [2.05, 4.69) is 31.2 Å². The Kier molecular flexibility index (Phi) is 7.65. The van der Waals surface area contributed by atoms with Gasteiger partial charge in [-0.1, -0.05) is 12.1 Å². The van der Waals surface area contributed by atoms with Crippen molar-refractivity contribution in [2.75, 3.05) is 51.1 Å². The molecule has 3 aliphatic rings. The molecule has 1 atom stereocenters. The van der Waals surface area contributed by atoms with Gasteiger partial charge in [-0.15, -0.1) is 0 Å². The second kappa shape index (κ2) is 12.2. The second-order valence-corrected chi connectivity index (χ2v) is 10.7. The largest absolute Gasteiger partial charge is 0.486 e. The van der Waals surface area contributed by atoms with Crippen molar-refractivity contribution in [3.8, 4) is 28.9 Å². The van der Waals surface area contributed by atoms with Crippen LogP contribution in [0.5, 0.6) is 23.0 Å². The molecule has 0 spiro atoms. The molecule has 222 valence electrons. The highest BCUT2D eigenvalue weighted by Crippen LogP contribution is 2.33. The van der Waals surface area contributed by atoms with Crippen LogP contribution in [0.15, 0.2) is 67.4 Å². The number of aromatic nitrogens is 4. The van der Waals surface area contributed by atoms with Gasteiger partial charge in [-0.25, -0.2) is 9.97 Å². The third kappa shape index (κ3) is 6.19. The zero-order valence-corrected chi connectivity index (χ0v) is 23.7. The predicted molar refractivity (Wildman–Crippen MR) is 157 cm³/mol. The normalized spacial score (nSPS) is 17.6. The number of amides is 1. The van der Waals surface area contributed by atoms with Crippen molar-refractivity contribution < 1.29 is 23.7 Å². The Morgan fingerprint density at radius 2 is 1.70 bits per heavy atom. The SMILES string of the molecule is O=C(CC1CN(Cc2ccc3c(c2)OCO3)CCN1c1ccnc(-n2ccnc2)n1)NCCc1ccc2c(c1)OCCO2. The molecule has 1 fully saturated rings. The van der Waals surface area contributed by atoms with Gasteiger partial charge in [0.15, 0.2) is 23.0 Å². The van der Waals surface area contributed by atoms with Crippen molar-refractivity contribution in [3.05, 3.63) is 78.5 Å². The average Bonchev–Trinajstić information content (AvgIpc) is 3.74. The number of nitrogens with zero attached hydrogens (tertiary/aromatic N) is 6. The minimum atomic E-state index is -0.0809. The van der Waals surface area contributed by atoms with E-state index in [9.17, 15) is 4.79 Å². The molecule has 2 aromatic heterocycles. The lowest BCUT2D eigenvalue weighted by atomic mass is 10.1. The first-order chi connectivity index (χ1) is 21.2. The molecule has 12 heteroatoms. The first kappa shape index (κ1) is 27.0. The van der Waals surface area contributed by atoms with E-state index in [0.717, 1.165) is 59.6 Å². The number of hydrogen-bond acceptors (Lipinski definition) is 10. The Hall–Kier alpha value is -4.84. The summed E-state index contributed by atoms with van der Waals surface area (Å²) >= 11 is 0. The van der Waals surface area contributed by atoms with E-state index in [-0.39, 0.29) is 18.7 Å². The van der Waals surface area contributed by atoms with E-state index in [1.54, 1.807) is 23.3 Å². The molecular weight excluding hydrogens is 550 g/mol. The maximum Gasteiger partial charge on any atom is 0.236 e. The zero-order valence-electron chi connectivity index (χ0n) is 23.7. The first-order valence-electron chi connectivity index (χ1n) is 14.5. The smallest absolute Gasteiger partial charge is 0.236 e. The van der Waals surface area contributed by atoms with Crippen LogP contribution < -0.4 is 29.2 Å². The van der Waals surface area contributed by atoms with E-state index in [1.165, 1.54) is 0 Å². The summed E-state index contributed by atoms with van der Waals surface area (Å²) in [5, 5.41) is 3.13. The molecule has 0 bridgehead atoms. The monoisotopic (exact) mass is 583 g/mol. The molecule has 1 saturated heterocycles. The fourth-order valence-electron chi connectivity index (χ4n) is 5.71. The van der Waals surface area contributed by atoms with E-state index in [1.807, 2.05) is 42.6 Å². The van der Waals surface area contributed by atoms with Gasteiger partial charge in [-0.2, -0.15) is 4.98 Å². The summed E-state index contributed by atoms with van der Waals surface area (Å²) in [6.07, 6.45) is 7.98. The summed E-state index contributed by atoms with van der Waals surface area (Å²) in [4.78, 5) is 31.2. The molecule has 1 amide bonds. The minimum Gasteiger partial charge on any atom is -0.486 e. The summed E-state index contributed by atoms with van der Waals surface area (Å²) in [5.74, 6) is 4.41. The molecule has 7 rings (SSSR count). The van der Waals surface area contributed by atoms with Crippen LogP contribution in [0, 0.1) is 0 Å². The van der Waals surface area contributed by atoms with Crippen LogP contribution in [-0.4, -0.2) is 82.6 Å². The Bertz CT molecular complexity index is 1580. The van der Waals surface area contributed by atoms with Gasteiger partial charge in [-0.05, 0) is 47.9 Å². The summed E-state index contributed by atoms with van der Waals surface area (Å²) in [6.45, 7) is 4.89. The molecule has 43 heavy (non-hydrogen) atoms. The van der Waals surface area contributed by atoms with Crippen molar-refractivity contribution in [3.63, 3.8) is 0 Å². The van der Waals surface area contributed by atoms with Gasteiger partial charge < -0.3 is 29.2 Å². The third-order valence-electron chi connectivity index (χ3n) is 7.83. The van der Waals surface area contributed by atoms with E-state index < -0.39 is 0 Å². The Morgan fingerprint density at radius 3 is 2.58 bits per heavy atom. The van der Waals surface area contributed by atoms with Crippen LogP contribution >= 0.6 is 0 Å². The second-order valence-electron chi connectivity index (χ2n) is 10.7. The molecule has 4 aromatic rings. The van der Waals surface area contributed by atoms with Crippen molar-refractivity contribution in [2.24, 2.45) is 0 Å². The number of imidazole rings is 1. The number of hydrogen-bond donors (Lipinski definition) is 1. The number of benzene rings is 2. The maximum atomic E-state index is 13.3. The lowest BCUT2D eigenvalue weighted by molar-refractivity contribution is -0.121. The summed E-state index contributed by atoms with van der Waals surface area (Å²) in [6, 6.07) is 13.8. The molecule has 1 N–H and O–H groups in total. The van der Waals surface area contributed by atoms with Gasteiger partial charge in [0.2, 0.25) is 18.6 Å². The van der Waals surface area contributed by atoms with Crippen LogP contribution in [0.3, 0.4) is 0 Å². The van der Waals surface area contributed by atoms with Crippen molar-refractivity contribution in [2.45, 2.75) is 25.4 Å². The van der Waals surface area contributed by atoms with E-state index in [0.29, 0.717) is 45.1 Å². The Balaban J connectivity index is 1.03. The number of carbonyl (C=O) groups excluding carboxylic acids is 1. The minimum absolute atomic E-state index is 0.00126. The molecule has 12 nitrogen and oxygen atoms in total. The van der Waals surface area contributed by atoms with E-state index in [4.69, 9.17) is 23.9 Å². The van der Waals surface area contributed by atoms with Crippen molar-refractivity contribution in [1.29, 1.82) is 0 Å². The standard InChI is InChI=1S/C31H33N7O5/c39-30(33-7-5-22-1-3-25-27(15-22)41-14-13-40-25)17-24-19-36(18-23-2-4-26-28(16-23)43-21-42-26)11-12-38(24)29-6-8-34-31(35-29)37-10-9-32-20-37/h1-4,6,8-10,15-16,20,24H,5,7,11-14,17-19,21H2,(H,33,39). The number of fused-ring (bicyclic) bond motifs is 2. The Labute approximate surface area is 249 Å². The predicted octanol–water partition coefficient (Wildman–Crippen LogP) is 2.60. The number of nitrogens with one attached hydrogen (secondary N) is 1. The molecule has 0 saturated carbocycles. The molecule has 5 heterocycles. The highest BCUT2D eigenvalue weighted by molar-refractivity contribution is 5.77. The Morgan fingerprint density at radius 1 is 0.907 bits per heavy atom. The van der Waals surface area contributed by atoms with Crippen LogP contribution in [0.2, 0.25) is 0 Å². The summed E-state index contributed by atoms with van der Waals surface area (Å²) < 4.78 is 24.1. The third-order valence-corrected chi connectivity index (χ3v) is 7.83. The highest BCUT2D eigenvalue weighted by Gasteiger charge is 2.30. The lowest BCUT2D eigenvalue weighted by Crippen LogP contribution is -2.54. The lowest BCUT2D eigenvalue weighted by Gasteiger charge is -2.42. The number of piperazine rings is 1. The van der Waals surface area contributed by atoms with Gasteiger partial charge in [-0.3, -0.25) is 14.3 Å². The molecule has 0 aliphatic carbocycles. The van der Waals surface area contributed by atoms with E-state index >= 15 is 0 Å². The number of ether oxygens (including phenoxy) is 4. The quantitative estimate of drug-likeness (QED) is 0.315. The summed E-state index contributed by atoms with van der Waals surface area (Å²) in [5.41, 5.74) is 2.23. The van der Waals surface area contributed by atoms with Crippen LogP contribution in [-0.2, 0) is 17.8 Å².